The second-order valence-electron chi connectivity index (χ2n) is 5.93. The van der Waals surface area contributed by atoms with Crippen molar-refractivity contribution in [1.29, 1.82) is 0 Å². The summed E-state index contributed by atoms with van der Waals surface area (Å²) in [6.07, 6.45) is 1.84. The third-order valence-electron chi connectivity index (χ3n) is 2.75. The summed E-state index contributed by atoms with van der Waals surface area (Å²) >= 11 is 1.66. The molecule has 1 N–H and O–H groups in total. The highest BCUT2D eigenvalue weighted by atomic mass is 32.2. The molecule has 0 aromatic heterocycles. The topological polar surface area (TPSA) is 41.6 Å². The standard InChI is InChI=1S/C15H26N2O2S/c1-7-13(20-11(2)3)12-10-17(9-8-16-12)14(18)19-15(4,5)6/h7,12,16H,2,8-10H2,1,3-6H3/b13-7-. The van der Waals surface area contributed by atoms with E-state index in [2.05, 4.69) is 18.0 Å². The molecular weight excluding hydrogens is 272 g/mol. The van der Waals surface area contributed by atoms with E-state index in [0.29, 0.717) is 13.1 Å². The van der Waals surface area contributed by atoms with Gasteiger partial charge >= 0.3 is 6.09 Å². The van der Waals surface area contributed by atoms with Gasteiger partial charge in [0.2, 0.25) is 0 Å². The van der Waals surface area contributed by atoms with Crippen molar-refractivity contribution in [1.82, 2.24) is 10.2 Å². The zero-order valence-electron chi connectivity index (χ0n) is 13.2. The molecule has 4 nitrogen and oxygen atoms in total. The first-order valence-corrected chi connectivity index (χ1v) is 7.75. The van der Waals surface area contributed by atoms with Crippen LogP contribution in [0.5, 0.6) is 0 Å². The smallest absolute Gasteiger partial charge is 0.410 e. The van der Waals surface area contributed by atoms with E-state index >= 15 is 0 Å². The van der Waals surface area contributed by atoms with Crippen molar-refractivity contribution in [2.75, 3.05) is 19.6 Å². The van der Waals surface area contributed by atoms with E-state index in [4.69, 9.17) is 4.74 Å². The van der Waals surface area contributed by atoms with Crippen LogP contribution in [-0.4, -0.2) is 42.3 Å². The van der Waals surface area contributed by atoms with Crippen LogP contribution in [0.1, 0.15) is 34.6 Å². The lowest BCUT2D eigenvalue weighted by Gasteiger charge is -2.35. The third kappa shape index (κ3) is 5.59. The van der Waals surface area contributed by atoms with Crippen molar-refractivity contribution in [2.24, 2.45) is 0 Å². The summed E-state index contributed by atoms with van der Waals surface area (Å²) in [6.45, 7) is 15.7. The van der Waals surface area contributed by atoms with Crippen molar-refractivity contribution in [3.05, 3.63) is 22.5 Å². The van der Waals surface area contributed by atoms with E-state index in [9.17, 15) is 4.79 Å². The van der Waals surface area contributed by atoms with Crippen LogP contribution in [0, 0.1) is 0 Å². The number of rotatable bonds is 3. The average molecular weight is 298 g/mol. The zero-order chi connectivity index (χ0) is 15.3. The Balaban J connectivity index is 2.66. The number of hydrogen-bond donors (Lipinski definition) is 1. The fraction of sp³-hybridized carbons (Fsp3) is 0.667. The molecule has 0 aliphatic carbocycles. The van der Waals surface area contributed by atoms with Crippen LogP contribution >= 0.6 is 11.8 Å². The van der Waals surface area contributed by atoms with E-state index < -0.39 is 5.60 Å². The molecule has 0 radical (unpaired) electrons. The van der Waals surface area contributed by atoms with Gasteiger partial charge in [0.1, 0.15) is 5.60 Å². The summed E-state index contributed by atoms with van der Waals surface area (Å²) in [5, 5.41) is 3.44. The van der Waals surface area contributed by atoms with Crippen LogP contribution in [0.3, 0.4) is 0 Å². The molecule has 20 heavy (non-hydrogen) atoms. The number of nitrogens with zero attached hydrogens (tertiary/aromatic N) is 1. The molecule has 0 aromatic carbocycles. The number of amides is 1. The van der Waals surface area contributed by atoms with Gasteiger partial charge < -0.3 is 15.0 Å². The molecule has 5 heteroatoms. The fourth-order valence-corrected chi connectivity index (χ4v) is 2.79. The Hall–Kier alpha value is -0.940. The highest BCUT2D eigenvalue weighted by Gasteiger charge is 2.28. The first kappa shape index (κ1) is 17.1. The molecule has 1 aliphatic rings. The third-order valence-corrected chi connectivity index (χ3v) is 3.85. The SMILES string of the molecule is C=C(C)S/C(=C\C)C1CN(C(=O)OC(C)(C)C)CCN1. The maximum Gasteiger partial charge on any atom is 0.410 e. The van der Waals surface area contributed by atoms with Crippen LogP contribution < -0.4 is 5.32 Å². The Labute approximate surface area is 126 Å². The van der Waals surface area contributed by atoms with Gasteiger partial charge in [-0.3, -0.25) is 0 Å². The van der Waals surface area contributed by atoms with Gasteiger partial charge in [0, 0.05) is 24.5 Å². The molecule has 0 aromatic rings. The molecule has 1 heterocycles. The van der Waals surface area contributed by atoms with Crippen molar-refractivity contribution < 1.29 is 9.53 Å². The molecule has 0 bridgehead atoms. The minimum Gasteiger partial charge on any atom is -0.444 e. The number of hydrogen-bond acceptors (Lipinski definition) is 4. The zero-order valence-corrected chi connectivity index (χ0v) is 14.0. The van der Waals surface area contributed by atoms with E-state index in [0.717, 1.165) is 11.4 Å². The summed E-state index contributed by atoms with van der Waals surface area (Å²) in [7, 11) is 0. The van der Waals surface area contributed by atoms with Gasteiger partial charge in [-0.2, -0.15) is 0 Å². The molecule has 1 atom stereocenters. The number of nitrogens with one attached hydrogen (secondary N) is 1. The van der Waals surface area contributed by atoms with Crippen LogP contribution in [0.2, 0.25) is 0 Å². The minimum absolute atomic E-state index is 0.156. The highest BCUT2D eigenvalue weighted by molar-refractivity contribution is 8.06. The van der Waals surface area contributed by atoms with Gasteiger partial charge in [0.15, 0.2) is 0 Å². The molecule has 0 saturated carbocycles. The molecule has 1 aliphatic heterocycles. The van der Waals surface area contributed by atoms with Gasteiger partial charge in [-0.15, -0.1) is 0 Å². The largest absolute Gasteiger partial charge is 0.444 e. The van der Waals surface area contributed by atoms with Crippen LogP contribution in [0.15, 0.2) is 22.5 Å². The molecule has 1 unspecified atom stereocenters. The van der Waals surface area contributed by atoms with Gasteiger partial charge in [0.05, 0.1) is 6.04 Å². The first-order valence-electron chi connectivity index (χ1n) is 6.94. The summed E-state index contributed by atoms with van der Waals surface area (Å²) in [5.74, 6) is 0. The normalized spacial score (nSPS) is 20.8. The lowest BCUT2D eigenvalue weighted by Crippen LogP contribution is -2.53. The average Bonchev–Trinajstić information content (AvgIpc) is 2.34. The molecule has 114 valence electrons. The summed E-state index contributed by atoms with van der Waals surface area (Å²) in [4.78, 5) is 16.1. The van der Waals surface area contributed by atoms with E-state index in [1.165, 1.54) is 4.91 Å². The molecule has 1 rings (SSSR count). The lowest BCUT2D eigenvalue weighted by atomic mass is 10.2. The monoisotopic (exact) mass is 298 g/mol. The van der Waals surface area contributed by atoms with Gasteiger partial charge in [0.25, 0.3) is 0 Å². The maximum absolute atomic E-state index is 12.1. The van der Waals surface area contributed by atoms with Gasteiger partial charge in [-0.05, 0) is 39.5 Å². The Morgan fingerprint density at radius 1 is 1.50 bits per heavy atom. The predicted octanol–water partition coefficient (Wildman–Crippen LogP) is 3.37. The van der Waals surface area contributed by atoms with Crippen molar-refractivity contribution in [3.8, 4) is 0 Å². The van der Waals surface area contributed by atoms with Crippen LogP contribution in [-0.2, 0) is 4.74 Å². The fourth-order valence-electron chi connectivity index (χ4n) is 1.97. The van der Waals surface area contributed by atoms with Crippen LogP contribution in [0.25, 0.3) is 0 Å². The Kier molecular flexibility index (Phi) is 6.14. The van der Waals surface area contributed by atoms with Crippen molar-refractivity contribution in [2.45, 2.75) is 46.3 Å². The summed E-state index contributed by atoms with van der Waals surface area (Å²) < 4.78 is 5.44. The predicted molar refractivity (Wildman–Crippen MR) is 85.8 cm³/mol. The molecular formula is C15H26N2O2S. The van der Waals surface area contributed by atoms with Crippen molar-refractivity contribution in [3.63, 3.8) is 0 Å². The number of piperazine rings is 1. The number of carbonyl (C=O) groups excluding carboxylic acids is 1. The van der Waals surface area contributed by atoms with Gasteiger partial charge in [-0.25, -0.2) is 4.79 Å². The second kappa shape index (κ2) is 7.18. The minimum atomic E-state index is -0.451. The number of allylic oxidation sites excluding steroid dienone is 2. The van der Waals surface area contributed by atoms with E-state index in [-0.39, 0.29) is 12.1 Å². The first-order chi connectivity index (χ1) is 9.23. The lowest BCUT2D eigenvalue weighted by molar-refractivity contribution is 0.0209. The van der Waals surface area contributed by atoms with E-state index in [1.807, 2.05) is 34.6 Å². The molecule has 1 saturated heterocycles. The Morgan fingerprint density at radius 3 is 2.65 bits per heavy atom. The van der Waals surface area contributed by atoms with E-state index in [1.54, 1.807) is 16.7 Å². The number of ether oxygens (including phenoxy) is 1. The Morgan fingerprint density at radius 2 is 2.15 bits per heavy atom. The second-order valence-corrected chi connectivity index (χ2v) is 7.30. The molecule has 0 spiro atoms. The van der Waals surface area contributed by atoms with Crippen LogP contribution in [0.4, 0.5) is 4.79 Å². The number of carbonyl (C=O) groups is 1. The van der Waals surface area contributed by atoms with Gasteiger partial charge in [-0.1, -0.05) is 24.4 Å². The summed E-state index contributed by atoms with van der Waals surface area (Å²) in [5.41, 5.74) is -0.451. The maximum atomic E-state index is 12.1. The highest BCUT2D eigenvalue weighted by Crippen LogP contribution is 2.27. The summed E-state index contributed by atoms with van der Waals surface area (Å²) in [6, 6.07) is 0.156. The Bertz CT molecular complexity index is 399. The molecule has 1 fully saturated rings. The van der Waals surface area contributed by atoms with Crippen molar-refractivity contribution >= 4 is 17.9 Å². The number of thioether (sulfide) groups is 1. The quantitative estimate of drug-likeness (QED) is 0.867. The molecule has 1 amide bonds.